The zero-order valence-electron chi connectivity index (χ0n) is 14.3. The van der Waals surface area contributed by atoms with Gasteiger partial charge in [0.05, 0.1) is 16.7 Å². The van der Waals surface area contributed by atoms with Crippen molar-refractivity contribution in [2.75, 3.05) is 0 Å². The molecule has 3 atom stereocenters. The Balaban J connectivity index is 2.08. The van der Waals surface area contributed by atoms with E-state index < -0.39 is 22.7 Å². The normalized spacial score (nSPS) is 30.8. The molecule has 0 aliphatic heterocycles. The van der Waals surface area contributed by atoms with Gasteiger partial charge in [0.1, 0.15) is 0 Å². The van der Waals surface area contributed by atoms with Crippen molar-refractivity contribution in [1.82, 2.24) is 0 Å². The summed E-state index contributed by atoms with van der Waals surface area (Å²) in [5.41, 5.74) is 2.06. The fraction of sp³-hybridized carbons (Fsp3) is 0.273. The van der Waals surface area contributed by atoms with Crippen molar-refractivity contribution in [1.29, 1.82) is 0 Å². The Morgan fingerprint density at radius 1 is 0.920 bits per heavy atom. The van der Waals surface area contributed by atoms with Gasteiger partial charge >= 0.3 is 5.97 Å². The number of carbonyl (C=O) groups excluding carboxylic acids is 1. The fourth-order valence-corrected chi connectivity index (χ4v) is 4.93. The molecule has 0 aromatic heterocycles. The molecule has 2 aliphatic carbocycles. The van der Waals surface area contributed by atoms with Gasteiger partial charge in [-0.15, -0.1) is 0 Å². The van der Waals surface area contributed by atoms with Gasteiger partial charge in [0.15, 0.2) is 5.78 Å². The lowest BCUT2D eigenvalue weighted by molar-refractivity contribution is -0.145. The Hall–Kier alpha value is -2.68. The van der Waals surface area contributed by atoms with Gasteiger partial charge in [-0.05, 0) is 42.5 Å². The van der Waals surface area contributed by atoms with Crippen LogP contribution in [0.15, 0.2) is 60.7 Å². The molecular formula is C22H20O3. The third kappa shape index (κ3) is 1.92. The molecule has 3 nitrogen and oxygen atoms in total. The molecule has 3 heteroatoms. The minimum absolute atomic E-state index is 0.0325. The van der Waals surface area contributed by atoms with Gasteiger partial charge in [-0.3, -0.25) is 9.59 Å². The van der Waals surface area contributed by atoms with E-state index in [1.807, 2.05) is 74.5 Å². The van der Waals surface area contributed by atoms with Crippen LogP contribution in [0.5, 0.6) is 0 Å². The van der Waals surface area contributed by atoms with Crippen LogP contribution in [0.2, 0.25) is 0 Å². The number of Topliss-reactive ketones (excluding diaryl/α,β-unsaturated/α-hetero) is 1. The van der Waals surface area contributed by atoms with Gasteiger partial charge in [-0.25, -0.2) is 0 Å². The van der Waals surface area contributed by atoms with Crippen LogP contribution in [0.1, 0.15) is 31.4 Å². The molecule has 0 unspecified atom stereocenters. The highest BCUT2D eigenvalue weighted by molar-refractivity contribution is 6.24. The number of ketones is 1. The number of aliphatic carboxylic acids is 1. The van der Waals surface area contributed by atoms with Crippen LogP contribution < -0.4 is 0 Å². The first kappa shape index (κ1) is 15.8. The van der Waals surface area contributed by atoms with Gasteiger partial charge in [0.25, 0.3) is 0 Å². The highest BCUT2D eigenvalue weighted by Crippen LogP contribution is 2.69. The average Bonchev–Trinajstić information content (AvgIpc) is 2.93. The molecule has 2 aromatic rings. The summed E-state index contributed by atoms with van der Waals surface area (Å²) < 4.78 is 0. The number of hydrogen-bond donors (Lipinski definition) is 1. The monoisotopic (exact) mass is 332 g/mol. The molecule has 1 N–H and O–H groups in total. The van der Waals surface area contributed by atoms with Gasteiger partial charge in [-0.1, -0.05) is 60.7 Å². The molecule has 2 aromatic carbocycles. The van der Waals surface area contributed by atoms with Gasteiger partial charge in [-0.2, -0.15) is 0 Å². The quantitative estimate of drug-likeness (QED) is 0.912. The van der Waals surface area contributed by atoms with Crippen LogP contribution >= 0.6 is 0 Å². The first-order valence-corrected chi connectivity index (χ1v) is 8.54. The second-order valence-corrected chi connectivity index (χ2v) is 7.44. The summed E-state index contributed by atoms with van der Waals surface area (Å²) >= 11 is 0. The molecule has 2 aliphatic rings. The van der Waals surface area contributed by atoms with Gasteiger partial charge in [0.2, 0.25) is 0 Å². The van der Waals surface area contributed by atoms with E-state index in [0.29, 0.717) is 6.42 Å². The maximum Gasteiger partial charge on any atom is 0.307 e. The first-order chi connectivity index (χ1) is 11.9. The molecule has 0 amide bonds. The summed E-state index contributed by atoms with van der Waals surface area (Å²) in [6.45, 7) is 3.73. The van der Waals surface area contributed by atoms with Crippen molar-refractivity contribution >= 4 is 22.9 Å². The molecule has 0 radical (unpaired) electrons. The molecule has 0 spiro atoms. The van der Waals surface area contributed by atoms with E-state index in [1.165, 1.54) is 0 Å². The number of carboxylic acids is 1. The van der Waals surface area contributed by atoms with E-state index in [9.17, 15) is 14.7 Å². The Morgan fingerprint density at radius 2 is 1.40 bits per heavy atom. The summed E-state index contributed by atoms with van der Waals surface area (Å²) in [6.07, 6.45) is 0.359. The summed E-state index contributed by atoms with van der Waals surface area (Å²) in [4.78, 5) is 25.3. The van der Waals surface area contributed by atoms with Crippen molar-refractivity contribution < 1.29 is 14.7 Å². The molecule has 1 fully saturated rings. The second kappa shape index (κ2) is 5.16. The summed E-state index contributed by atoms with van der Waals surface area (Å²) in [7, 11) is 0. The lowest BCUT2D eigenvalue weighted by Crippen LogP contribution is -2.34. The number of carboxylic acid groups (broad SMARTS) is 1. The smallest absolute Gasteiger partial charge is 0.307 e. The van der Waals surface area contributed by atoms with E-state index >= 15 is 0 Å². The summed E-state index contributed by atoms with van der Waals surface area (Å²) in [5, 5.41) is 9.78. The Labute approximate surface area is 147 Å². The lowest BCUT2D eigenvalue weighted by atomic mass is 9.67. The Morgan fingerprint density at radius 3 is 1.88 bits per heavy atom. The third-order valence-corrected chi connectivity index (χ3v) is 6.03. The molecule has 0 saturated heterocycles. The number of fused-ring (bicyclic) bond motifs is 2. The van der Waals surface area contributed by atoms with Crippen molar-refractivity contribution in [2.45, 2.75) is 20.3 Å². The fourth-order valence-electron chi connectivity index (χ4n) is 4.93. The van der Waals surface area contributed by atoms with Crippen molar-refractivity contribution in [3.05, 3.63) is 71.8 Å². The van der Waals surface area contributed by atoms with Crippen molar-refractivity contribution in [2.24, 2.45) is 16.7 Å². The Bertz CT molecular complexity index is 897. The van der Waals surface area contributed by atoms with Crippen LogP contribution in [0.3, 0.4) is 0 Å². The van der Waals surface area contributed by atoms with Gasteiger partial charge < -0.3 is 5.11 Å². The minimum atomic E-state index is -0.993. The average molecular weight is 332 g/mol. The van der Waals surface area contributed by atoms with Crippen molar-refractivity contribution in [3.8, 4) is 0 Å². The number of carbonyl (C=O) groups is 2. The maximum atomic E-state index is 13.4. The highest BCUT2D eigenvalue weighted by Gasteiger charge is 2.68. The molecule has 1 saturated carbocycles. The van der Waals surface area contributed by atoms with Crippen LogP contribution in [0.25, 0.3) is 11.1 Å². The molecule has 126 valence electrons. The second-order valence-electron chi connectivity index (χ2n) is 7.44. The van der Waals surface area contributed by atoms with Crippen LogP contribution in [0, 0.1) is 16.7 Å². The van der Waals surface area contributed by atoms with Crippen LogP contribution in [0.4, 0.5) is 0 Å². The molecule has 0 heterocycles. The van der Waals surface area contributed by atoms with E-state index in [-0.39, 0.29) is 5.78 Å². The van der Waals surface area contributed by atoms with Crippen LogP contribution in [-0.4, -0.2) is 16.9 Å². The number of rotatable bonds is 3. The zero-order valence-corrected chi connectivity index (χ0v) is 14.3. The predicted octanol–water partition coefficient (Wildman–Crippen LogP) is 4.30. The predicted molar refractivity (Wildman–Crippen MR) is 96.7 cm³/mol. The zero-order chi connectivity index (χ0) is 17.8. The number of allylic oxidation sites excluding steroid dienone is 2. The van der Waals surface area contributed by atoms with E-state index in [4.69, 9.17) is 0 Å². The minimum Gasteiger partial charge on any atom is -0.481 e. The topological polar surface area (TPSA) is 54.4 Å². The first-order valence-electron chi connectivity index (χ1n) is 8.54. The Kier molecular flexibility index (Phi) is 3.26. The third-order valence-electron chi connectivity index (χ3n) is 6.03. The van der Waals surface area contributed by atoms with E-state index in [0.717, 1.165) is 22.3 Å². The largest absolute Gasteiger partial charge is 0.481 e. The molecule has 25 heavy (non-hydrogen) atoms. The summed E-state index contributed by atoms with van der Waals surface area (Å²) in [5.74, 6) is -1.54. The van der Waals surface area contributed by atoms with Crippen LogP contribution in [-0.2, 0) is 9.59 Å². The van der Waals surface area contributed by atoms with E-state index in [1.54, 1.807) is 0 Å². The number of hydrogen-bond acceptors (Lipinski definition) is 2. The molecule has 4 rings (SSSR count). The van der Waals surface area contributed by atoms with Gasteiger partial charge in [0, 0.05) is 0 Å². The molecular weight excluding hydrogens is 312 g/mol. The lowest BCUT2D eigenvalue weighted by Gasteiger charge is -2.33. The number of benzene rings is 2. The molecule has 2 bridgehead atoms. The highest BCUT2D eigenvalue weighted by atomic mass is 16.4. The SMILES string of the molecule is C[C@]12C[C@@H](C(=O)O)[C@@](C)(C1=O)C(c1ccccc1)=C2c1ccccc1. The standard InChI is InChI=1S/C22H20O3/c1-21-13-16(19(23)24)22(2,20(21)25)18(15-11-7-4-8-12-15)17(21)14-9-5-3-6-10-14/h3-12,16H,13H2,1-2H3,(H,23,24)/t16-,21+,22+/m0/s1. The van der Waals surface area contributed by atoms with Crippen molar-refractivity contribution in [3.63, 3.8) is 0 Å². The van der Waals surface area contributed by atoms with E-state index in [2.05, 4.69) is 0 Å². The maximum absolute atomic E-state index is 13.4. The summed E-state index contributed by atoms with van der Waals surface area (Å²) in [6, 6.07) is 19.6.